The Hall–Kier alpha value is -8.40. The molecule has 3 nitrogen and oxygen atoms in total. The zero-order valence-electron chi connectivity index (χ0n) is 36.7. The summed E-state index contributed by atoms with van der Waals surface area (Å²) in [5, 5.41) is 4.73. The zero-order chi connectivity index (χ0) is 43.9. The Morgan fingerprint density at radius 1 is 0.364 bits per heavy atom. The molecule has 0 fully saturated rings. The summed E-state index contributed by atoms with van der Waals surface area (Å²) in [5.74, 6) is 0. The van der Waals surface area contributed by atoms with Crippen molar-refractivity contribution in [3.8, 4) is 50.2 Å². The van der Waals surface area contributed by atoms with Gasteiger partial charge in [-0.05, 0) is 129 Å². The molecule has 0 atom stereocenters. The number of anilines is 3. The number of aromatic nitrogens is 1. The second kappa shape index (κ2) is 14.8. The van der Waals surface area contributed by atoms with Crippen LogP contribution in [0.2, 0.25) is 0 Å². The molecule has 1 aliphatic carbocycles. The maximum Gasteiger partial charge on any atom is 0.143 e. The molecule has 3 heteroatoms. The lowest BCUT2D eigenvalue weighted by Crippen LogP contribution is -2.16. The van der Waals surface area contributed by atoms with Crippen LogP contribution in [-0.2, 0) is 5.41 Å². The van der Waals surface area contributed by atoms with Gasteiger partial charge in [-0.25, -0.2) is 0 Å². The highest BCUT2D eigenvalue weighted by molar-refractivity contribution is 6.12. The molecule has 0 aliphatic heterocycles. The summed E-state index contributed by atoms with van der Waals surface area (Å²) in [6.45, 7) is 4.70. The average molecular weight is 845 g/mol. The van der Waals surface area contributed by atoms with E-state index in [-0.39, 0.29) is 5.41 Å². The average Bonchev–Trinajstić information content (AvgIpc) is 4.00. The van der Waals surface area contributed by atoms with E-state index in [0.717, 1.165) is 66.9 Å². The Labute approximate surface area is 384 Å². The fraction of sp³-hybridized carbons (Fsp3) is 0.0476. The molecule has 0 amide bonds. The molecular formula is C63H44N2O. The lowest BCUT2D eigenvalue weighted by molar-refractivity contribution is 0.660. The van der Waals surface area contributed by atoms with Crippen LogP contribution in [0, 0.1) is 0 Å². The number of hydrogen-bond donors (Lipinski definition) is 0. The SMILES string of the molecule is CC1(C)c2ccccc2-c2ccc(N(c3ccc(-c4ccccc4)cc3)c3ccc(-c4cc(-c5ccc(-n6c7ccccc7c7ccccc76)cc5)c5oc6ccccc6c5c4)cc3)cc21. The molecule has 1 aliphatic rings. The topological polar surface area (TPSA) is 21.3 Å². The lowest BCUT2D eigenvalue weighted by atomic mass is 9.82. The third-order valence-electron chi connectivity index (χ3n) is 14.0. The Balaban J connectivity index is 0.918. The van der Waals surface area contributed by atoms with Gasteiger partial charge >= 0.3 is 0 Å². The quantitative estimate of drug-likeness (QED) is 0.159. The lowest BCUT2D eigenvalue weighted by Gasteiger charge is -2.28. The zero-order valence-corrected chi connectivity index (χ0v) is 36.7. The second-order valence-electron chi connectivity index (χ2n) is 18.1. The van der Waals surface area contributed by atoms with Gasteiger partial charge in [-0.3, -0.25) is 0 Å². The highest BCUT2D eigenvalue weighted by Gasteiger charge is 2.35. The molecule has 0 bridgehead atoms. The first-order chi connectivity index (χ1) is 32.5. The summed E-state index contributed by atoms with van der Waals surface area (Å²) in [7, 11) is 0. The molecule has 2 heterocycles. The van der Waals surface area contributed by atoms with Gasteiger partial charge in [0.05, 0.1) is 11.0 Å². The minimum Gasteiger partial charge on any atom is -0.455 e. The van der Waals surface area contributed by atoms with Crippen molar-refractivity contribution in [2.45, 2.75) is 19.3 Å². The summed E-state index contributed by atoms with van der Waals surface area (Å²) in [6, 6.07) is 83.8. The molecular weight excluding hydrogens is 801 g/mol. The van der Waals surface area contributed by atoms with E-state index in [1.165, 1.54) is 55.2 Å². The van der Waals surface area contributed by atoms with Crippen molar-refractivity contribution in [2.24, 2.45) is 0 Å². The Morgan fingerprint density at radius 3 is 1.59 bits per heavy atom. The highest BCUT2D eigenvalue weighted by atomic mass is 16.3. The van der Waals surface area contributed by atoms with Gasteiger partial charge in [0.15, 0.2) is 0 Å². The maximum atomic E-state index is 6.69. The number of nitrogens with zero attached hydrogens (tertiary/aromatic N) is 2. The third kappa shape index (κ3) is 5.97. The third-order valence-corrected chi connectivity index (χ3v) is 14.0. The van der Waals surface area contributed by atoms with Gasteiger partial charge in [0.2, 0.25) is 0 Å². The van der Waals surface area contributed by atoms with Crippen LogP contribution in [0.25, 0.3) is 93.9 Å². The second-order valence-corrected chi connectivity index (χ2v) is 18.1. The molecule has 0 radical (unpaired) electrons. The van der Waals surface area contributed by atoms with E-state index in [4.69, 9.17) is 4.42 Å². The van der Waals surface area contributed by atoms with Crippen LogP contribution in [0.15, 0.2) is 235 Å². The van der Waals surface area contributed by atoms with Gasteiger partial charge < -0.3 is 13.9 Å². The standard InChI is InChI=1S/C63H44N2O/c1-63(2)57-20-10-6-16-50(57)51-37-36-49(40-58(51)63)64(46-30-24-42(25-31-46)41-14-4-3-5-15-41)47-32-26-43(27-33-47)45-38-55(62-56(39-45)54-19-9-13-23-61(54)66-62)44-28-34-48(35-29-44)65-59-21-11-7-17-52(59)53-18-8-12-22-60(53)65/h3-40H,1-2H3. The molecule has 2 aromatic heterocycles. The van der Waals surface area contributed by atoms with Gasteiger partial charge in [-0.1, -0.05) is 166 Å². The minimum absolute atomic E-state index is 0.117. The van der Waals surface area contributed by atoms with Crippen LogP contribution in [0.4, 0.5) is 17.1 Å². The summed E-state index contributed by atoms with van der Waals surface area (Å²) in [5.41, 5.74) is 20.7. The number of benzene rings is 10. The monoisotopic (exact) mass is 844 g/mol. The summed E-state index contributed by atoms with van der Waals surface area (Å²) in [6.07, 6.45) is 0. The molecule has 0 N–H and O–H groups in total. The molecule has 12 aromatic rings. The van der Waals surface area contributed by atoms with Crippen LogP contribution >= 0.6 is 0 Å². The summed E-state index contributed by atoms with van der Waals surface area (Å²) < 4.78 is 9.05. The minimum atomic E-state index is -0.117. The number of furan rings is 1. The van der Waals surface area contributed by atoms with Gasteiger partial charge in [-0.2, -0.15) is 0 Å². The van der Waals surface area contributed by atoms with Crippen molar-refractivity contribution >= 4 is 60.8 Å². The highest BCUT2D eigenvalue weighted by Crippen LogP contribution is 2.51. The first kappa shape index (κ1) is 38.1. The molecule has 312 valence electrons. The van der Waals surface area contributed by atoms with E-state index in [9.17, 15) is 0 Å². The van der Waals surface area contributed by atoms with E-state index >= 15 is 0 Å². The van der Waals surface area contributed by atoms with Gasteiger partial charge in [-0.15, -0.1) is 0 Å². The summed E-state index contributed by atoms with van der Waals surface area (Å²) in [4.78, 5) is 2.40. The predicted octanol–water partition coefficient (Wildman–Crippen LogP) is 17.5. The van der Waals surface area contributed by atoms with E-state index in [2.05, 4.69) is 248 Å². The molecule has 13 rings (SSSR count). The number of hydrogen-bond acceptors (Lipinski definition) is 2. The predicted molar refractivity (Wildman–Crippen MR) is 277 cm³/mol. The van der Waals surface area contributed by atoms with E-state index in [0.29, 0.717) is 0 Å². The van der Waals surface area contributed by atoms with Gasteiger partial charge in [0.25, 0.3) is 0 Å². The first-order valence-electron chi connectivity index (χ1n) is 22.8. The van der Waals surface area contributed by atoms with Crippen molar-refractivity contribution in [3.05, 3.63) is 242 Å². The number of para-hydroxylation sites is 3. The van der Waals surface area contributed by atoms with Gasteiger partial charge in [0.1, 0.15) is 11.2 Å². The van der Waals surface area contributed by atoms with Crippen molar-refractivity contribution in [2.75, 3.05) is 4.90 Å². The van der Waals surface area contributed by atoms with Crippen molar-refractivity contribution in [1.82, 2.24) is 4.57 Å². The van der Waals surface area contributed by atoms with Crippen molar-refractivity contribution < 1.29 is 4.42 Å². The first-order valence-corrected chi connectivity index (χ1v) is 22.8. The normalized spacial score (nSPS) is 12.8. The van der Waals surface area contributed by atoms with Crippen molar-refractivity contribution in [3.63, 3.8) is 0 Å². The largest absolute Gasteiger partial charge is 0.455 e. The fourth-order valence-corrected chi connectivity index (χ4v) is 10.7. The van der Waals surface area contributed by atoms with Crippen LogP contribution < -0.4 is 4.90 Å². The molecule has 0 spiro atoms. The Bertz CT molecular complexity index is 3760. The fourth-order valence-electron chi connectivity index (χ4n) is 10.7. The number of rotatable bonds is 7. The Morgan fingerprint density at radius 2 is 0.894 bits per heavy atom. The van der Waals surface area contributed by atoms with Crippen LogP contribution in [-0.4, -0.2) is 4.57 Å². The van der Waals surface area contributed by atoms with E-state index < -0.39 is 0 Å². The summed E-state index contributed by atoms with van der Waals surface area (Å²) >= 11 is 0. The van der Waals surface area contributed by atoms with Gasteiger partial charge in [0, 0.05) is 55.3 Å². The maximum absolute atomic E-state index is 6.69. The van der Waals surface area contributed by atoms with Crippen LogP contribution in [0.1, 0.15) is 25.0 Å². The Kier molecular flexibility index (Phi) is 8.56. The smallest absolute Gasteiger partial charge is 0.143 e. The van der Waals surface area contributed by atoms with E-state index in [1.807, 2.05) is 6.07 Å². The molecule has 0 unspecified atom stereocenters. The molecule has 10 aromatic carbocycles. The molecule has 66 heavy (non-hydrogen) atoms. The molecule has 0 saturated carbocycles. The number of fused-ring (bicyclic) bond motifs is 9. The van der Waals surface area contributed by atoms with Crippen molar-refractivity contribution in [1.29, 1.82) is 0 Å². The van der Waals surface area contributed by atoms with Crippen LogP contribution in [0.5, 0.6) is 0 Å². The van der Waals surface area contributed by atoms with E-state index in [1.54, 1.807) is 0 Å². The molecule has 0 saturated heterocycles. The van der Waals surface area contributed by atoms with Crippen LogP contribution in [0.3, 0.4) is 0 Å².